The molecule has 0 atom stereocenters. The Hall–Kier alpha value is -3.52. The van der Waals surface area contributed by atoms with Gasteiger partial charge in [0.1, 0.15) is 0 Å². The minimum atomic E-state index is -0.486. The average molecular weight is 435 g/mol. The van der Waals surface area contributed by atoms with Crippen LogP contribution in [0, 0.1) is 20.8 Å². The molecule has 0 spiro atoms. The zero-order valence-electron chi connectivity index (χ0n) is 17.5. The molecule has 0 fully saturated rings. The van der Waals surface area contributed by atoms with Crippen LogP contribution in [0.4, 0.5) is 0 Å². The van der Waals surface area contributed by atoms with Crippen LogP contribution in [-0.2, 0) is 22.7 Å². The van der Waals surface area contributed by atoms with Gasteiger partial charge in [0.2, 0.25) is 5.82 Å². The van der Waals surface area contributed by atoms with Crippen molar-refractivity contribution >= 4 is 23.4 Å². The summed E-state index contributed by atoms with van der Waals surface area (Å²) in [5.74, 6) is 0.247. The third-order valence-electron chi connectivity index (χ3n) is 4.86. The van der Waals surface area contributed by atoms with Gasteiger partial charge in [0, 0.05) is 28.3 Å². The first-order chi connectivity index (χ1) is 15.0. The molecular weight excluding hydrogens is 412 g/mol. The molecule has 0 aliphatic heterocycles. The minimum absolute atomic E-state index is 0.0784. The van der Waals surface area contributed by atoms with Crippen molar-refractivity contribution in [1.82, 2.24) is 19.9 Å². The highest BCUT2D eigenvalue weighted by Gasteiger charge is 2.12. The van der Waals surface area contributed by atoms with E-state index in [0.29, 0.717) is 12.4 Å². The van der Waals surface area contributed by atoms with Crippen molar-refractivity contribution in [1.29, 1.82) is 0 Å². The lowest BCUT2D eigenvalue weighted by Crippen LogP contribution is -2.04. The zero-order valence-corrected chi connectivity index (χ0v) is 18.3. The highest BCUT2D eigenvalue weighted by molar-refractivity contribution is 7.08. The lowest BCUT2D eigenvalue weighted by molar-refractivity contribution is -0.139. The van der Waals surface area contributed by atoms with E-state index in [0.717, 1.165) is 22.5 Å². The Kier molecular flexibility index (Phi) is 6.08. The van der Waals surface area contributed by atoms with Crippen molar-refractivity contribution in [2.75, 3.05) is 0 Å². The van der Waals surface area contributed by atoms with Crippen LogP contribution >= 0.6 is 11.3 Å². The van der Waals surface area contributed by atoms with Gasteiger partial charge in [-0.1, -0.05) is 35.0 Å². The van der Waals surface area contributed by atoms with Crippen LogP contribution < -0.4 is 0 Å². The summed E-state index contributed by atoms with van der Waals surface area (Å²) in [4.78, 5) is 16.4. The highest BCUT2D eigenvalue weighted by atomic mass is 32.1. The molecule has 0 bridgehead atoms. The van der Waals surface area contributed by atoms with Crippen LogP contribution in [0.1, 0.15) is 34.0 Å². The predicted molar refractivity (Wildman–Crippen MR) is 118 cm³/mol. The number of rotatable bonds is 7. The molecule has 4 rings (SSSR count). The summed E-state index contributed by atoms with van der Waals surface area (Å²) >= 11 is 1.55. The number of nitrogens with zero attached hydrogens (tertiary/aromatic N) is 4. The van der Waals surface area contributed by atoms with E-state index in [2.05, 4.69) is 46.4 Å². The van der Waals surface area contributed by atoms with E-state index in [1.54, 1.807) is 17.4 Å². The molecule has 31 heavy (non-hydrogen) atoms. The molecule has 0 saturated heterocycles. The Bertz CT molecular complexity index is 1200. The molecule has 1 aromatic carbocycles. The maximum absolute atomic E-state index is 12.2. The van der Waals surface area contributed by atoms with E-state index in [-0.39, 0.29) is 12.5 Å². The highest BCUT2D eigenvalue weighted by Crippen LogP contribution is 2.19. The lowest BCUT2D eigenvalue weighted by atomic mass is 10.1. The quantitative estimate of drug-likeness (QED) is 0.309. The van der Waals surface area contributed by atoms with Crippen molar-refractivity contribution in [3.05, 3.63) is 81.1 Å². The lowest BCUT2D eigenvalue weighted by Gasteiger charge is -2.05. The van der Waals surface area contributed by atoms with Crippen LogP contribution in [0.25, 0.3) is 17.5 Å². The van der Waals surface area contributed by atoms with E-state index in [1.807, 2.05) is 35.4 Å². The van der Waals surface area contributed by atoms with Crippen LogP contribution in [0.2, 0.25) is 0 Å². The van der Waals surface area contributed by atoms with Crippen molar-refractivity contribution in [3.8, 4) is 11.4 Å². The summed E-state index contributed by atoms with van der Waals surface area (Å²) in [5, 5.41) is 12.4. The first-order valence-corrected chi connectivity index (χ1v) is 10.7. The van der Waals surface area contributed by atoms with E-state index >= 15 is 0 Å². The zero-order chi connectivity index (χ0) is 21.8. The van der Waals surface area contributed by atoms with E-state index in [4.69, 9.17) is 9.26 Å². The number of aryl methyl sites for hydroxylation is 2. The van der Waals surface area contributed by atoms with Crippen LogP contribution in [0.15, 0.2) is 51.7 Å². The number of hydrogen-bond acceptors (Lipinski definition) is 7. The SMILES string of the molecule is Cc1ccc(Cn2nc(C)c(C=CC(=O)OCc3nc(-c4ccsc4)no3)c2C)cc1. The van der Waals surface area contributed by atoms with E-state index in [1.165, 1.54) is 17.2 Å². The molecule has 4 aromatic rings. The van der Waals surface area contributed by atoms with Crippen LogP contribution in [-0.4, -0.2) is 25.9 Å². The smallest absolute Gasteiger partial charge is 0.331 e. The van der Waals surface area contributed by atoms with Gasteiger partial charge >= 0.3 is 5.97 Å². The van der Waals surface area contributed by atoms with Crippen LogP contribution in [0.5, 0.6) is 0 Å². The standard InChI is InChI=1S/C23H22N4O3S/c1-15-4-6-18(7-5-15)12-27-17(3)20(16(2)25-27)8-9-22(28)29-13-21-24-23(26-30-21)19-10-11-31-14-19/h4-11,14H,12-13H2,1-3H3. The van der Waals surface area contributed by atoms with Crippen molar-refractivity contribution in [2.45, 2.75) is 33.9 Å². The minimum Gasteiger partial charge on any atom is -0.452 e. The molecule has 0 saturated carbocycles. The van der Waals surface area contributed by atoms with E-state index < -0.39 is 5.97 Å². The van der Waals surface area contributed by atoms with Gasteiger partial charge in [-0.3, -0.25) is 4.68 Å². The summed E-state index contributed by atoms with van der Waals surface area (Å²) in [7, 11) is 0. The molecule has 0 amide bonds. The second-order valence-electron chi connectivity index (χ2n) is 7.19. The molecule has 7 nitrogen and oxygen atoms in total. The Morgan fingerprint density at radius 1 is 1.19 bits per heavy atom. The number of carbonyl (C=O) groups is 1. The number of thiophene rings is 1. The number of benzene rings is 1. The summed E-state index contributed by atoms with van der Waals surface area (Å²) in [6, 6.07) is 10.3. The topological polar surface area (TPSA) is 83.0 Å². The molecule has 158 valence electrons. The third-order valence-corrected chi connectivity index (χ3v) is 5.55. The van der Waals surface area contributed by atoms with Crippen molar-refractivity contribution in [2.24, 2.45) is 0 Å². The van der Waals surface area contributed by atoms with Crippen molar-refractivity contribution < 1.29 is 14.1 Å². The van der Waals surface area contributed by atoms with E-state index in [9.17, 15) is 4.79 Å². The fourth-order valence-electron chi connectivity index (χ4n) is 3.13. The number of ether oxygens (including phenoxy) is 1. The second kappa shape index (κ2) is 9.09. The molecule has 0 aliphatic carbocycles. The Morgan fingerprint density at radius 2 is 2.00 bits per heavy atom. The van der Waals surface area contributed by atoms with Gasteiger partial charge in [0.15, 0.2) is 6.61 Å². The fourth-order valence-corrected chi connectivity index (χ4v) is 3.76. The first kappa shape index (κ1) is 20.7. The van der Waals surface area contributed by atoms with Gasteiger partial charge in [0.25, 0.3) is 5.89 Å². The Morgan fingerprint density at radius 3 is 2.74 bits per heavy atom. The summed E-state index contributed by atoms with van der Waals surface area (Å²) < 4.78 is 12.3. The third kappa shape index (κ3) is 4.97. The fraction of sp³-hybridized carbons (Fsp3) is 0.217. The number of aromatic nitrogens is 4. The average Bonchev–Trinajstić information content (AvgIpc) is 3.49. The van der Waals surface area contributed by atoms with Gasteiger partial charge in [-0.25, -0.2) is 4.79 Å². The van der Waals surface area contributed by atoms with Gasteiger partial charge in [-0.2, -0.15) is 21.4 Å². The maximum Gasteiger partial charge on any atom is 0.331 e. The number of esters is 1. The first-order valence-electron chi connectivity index (χ1n) is 9.79. The summed E-state index contributed by atoms with van der Waals surface area (Å²) in [6.45, 7) is 6.58. The summed E-state index contributed by atoms with van der Waals surface area (Å²) in [5.41, 5.74) is 6.02. The maximum atomic E-state index is 12.2. The summed E-state index contributed by atoms with van der Waals surface area (Å²) in [6.07, 6.45) is 3.12. The van der Waals surface area contributed by atoms with Gasteiger partial charge in [-0.05, 0) is 43.9 Å². The number of carbonyl (C=O) groups excluding carboxylic acids is 1. The van der Waals surface area contributed by atoms with Gasteiger partial charge < -0.3 is 9.26 Å². The molecule has 0 unspecified atom stereocenters. The molecule has 0 N–H and O–H groups in total. The second-order valence-corrected chi connectivity index (χ2v) is 7.97. The van der Waals surface area contributed by atoms with Crippen LogP contribution in [0.3, 0.4) is 0 Å². The monoisotopic (exact) mass is 434 g/mol. The molecular formula is C23H22N4O3S. The predicted octanol–water partition coefficient (Wildman–Crippen LogP) is 4.72. The Balaban J connectivity index is 1.37. The van der Waals surface area contributed by atoms with Gasteiger partial charge in [0.05, 0.1) is 12.2 Å². The molecule has 8 heteroatoms. The molecule has 0 radical (unpaired) electrons. The largest absolute Gasteiger partial charge is 0.452 e. The molecule has 3 aromatic heterocycles. The number of hydrogen-bond donors (Lipinski definition) is 0. The Labute approximate surface area is 184 Å². The van der Waals surface area contributed by atoms with Crippen molar-refractivity contribution in [3.63, 3.8) is 0 Å². The molecule has 3 heterocycles. The van der Waals surface area contributed by atoms with Gasteiger partial charge in [-0.15, -0.1) is 0 Å². The molecule has 0 aliphatic rings. The normalized spacial score (nSPS) is 11.3.